The van der Waals surface area contributed by atoms with Crippen LogP contribution in [0.1, 0.15) is 78.6 Å². The Bertz CT molecular complexity index is 794. The molecule has 0 aliphatic carbocycles. The lowest BCUT2D eigenvalue weighted by atomic mass is 10.1. The summed E-state index contributed by atoms with van der Waals surface area (Å²) < 4.78 is 21.3. The summed E-state index contributed by atoms with van der Waals surface area (Å²) in [5.74, 6) is -1.18. The highest BCUT2D eigenvalue weighted by molar-refractivity contribution is 7.39. The molecule has 1 aromatic rings. The van der Waals surface area contributed by atoms with E-state index in [2.05, 4.69) is 0 Å². The number of hydrogen-bond donors (Lipinski definition) is 3. The zero-order valence-corrected chi connectivity index (χ0v) is 23.7. The molecular weight excluding hydrogens is 485 g/mol. The molecule has 4 N–H and O–H groups in total. The highest BCUT2D eigenvalue weighted by Crippen LogP contribution is 2.34. The van der Waals surface area contributed by atoms with Crippen LogP contribution in [0.3, 0.4) is 0 Å². The average Bonchev–Trinajstić information content (AvgIpc) is 2.89. The number of carbonyl (C=O) groups is 2. The zero-order chi connectivity index (χ0) is 28.1. The van der Waals surface area contributed by atoms with Gasteiger partial charge in [0.05, 0.1) is 17.8 Å². The first-order valence-electron chi connectivity index (χ1n) is 12.1. The van der Waals surface area contributed by atoms with E-state index in [9.17, 15) is 9.59 Å². The average molecular weight is 530 g/mol. The third kappa shape index (κ3) is 15.0. The first kappa shape index (κ1) is 35.9. The van der Waals surface area contributed by atoms with E-state index >= 15 is 0 Å². The molecule has 3 unspecified atom stereocenters. The molecule has 0 bridgehead atoms. The van der Waals surface area contributed by atoms with Crippen molar-refractivity contribution in [2.75, 3.05) is 12.3 Å². The van der Waals surface area contributed by atoms with E-state index in [1.165, 1.54) is 6.07 Å². The number of anilines is 1. The molecule has 10 heteroatoms. The summed E-state index contributed by atoms with van der Waals surface area (Å²) in [5, 5.41) is 0. The standard InChI is InChI=1S/C18H24NO8P.C4H8.2C2H6/c1-3-11(2)17(20)24-10-13-8-12(27-28(22)23)9-16(25-13)26-18(21)14-6-4-5-7-15(14)19;1-3-4-2;2*1-2/h3-7,12-13,16,22-23H,8-10,19H2,1-2H3;3-4H,1-2H3;2*1-2H3/b11-3+;;;. The molecule has 3 atom stereocenters. The molecule has 1 aliphatic heterocycles. The molecule has 1 aliphatic rings. The van der Waals surface area contributed by atoms with Gasteiger partial charge in [-0.1, -0.05) is 58.1 Å². The maximum Gasteiger partial charge on any atom is 0.342 e. The van der Waals surface area contributed by atoms with Gasteiger partial charge in [0.25, 0.3) is 0 Å². The molecule has 206 valence electrons. The first-order valence-corrected chi connectivity index (χ1v) is 13.3. The molecule has 1 fully saturated rings. The second-order valence-electron chi connectivity index (χ2n) is 6.87. The number of benzene rings is 1. The summed E-state index contributed by atoms with van der Waals surface area (Å²) in [7, 11) is -2.60. The van der Waals surface area contributed by atoms with Gasteiger partial charge in [-0.3, -0.25) is 0 Å². The lowest BCUT2D eigenvalue weighted by molar-refractivity contribution is -0.200. The Morgan fingerprint density at radius 2 is 1.67 bits per heavy atom. The number of esters is 2. The monoisotopic (exact) mass is 529 g/mol. The summed E-state index contributed by atoms with van der Waals surface area (Å²) in [6, 6.07) is 6.43. The fourth-order valence-corrected chi connectivity index (χ4v) is 3.04. The molecule has 1 saturated heterocycles. The Balaban J connectivity index is 0. The molecule has 1 heterocycles. The first-order chi connectivity index (χ1) is 17.2. The number of hydrogen-bond acceptors (Lipinski definition) is 9. The molecule has 0 aromatic heterocycles. The second kappa shape index (κ2) is 21.9. The molecular formula is C26H44NO8P. The molecule has 0 spiro atoms. The van der Waals surface area contributed by atoms with Crippen molar-refractivity contribution in [2.45, 2.75) is 86.7 Å². The predicted octanol–water partition coefficient (Wildman–Crippen LogP) is 5.67. The lowest BCUT2D eigenvalue weighted by Crippen LogP contribution is -2.41. The van der Waals surface area contributed by atoms with Gasteiger partial charge in [0.2, 0.25) is 6.29 Å². The van der Waals surface area contributed by atoms with Crippen LogP contribution in [0.5, 0.6) is 0 Å². The van der Waals surface area contributed by atoms with Crippen LogP contribution in [0, 0.1) is 0 Å². The maximum absolute atomic E-state index is 12.4. The van der Waals surface area contributed by atoms with Crippen molar-refractivity contribution < 1.29 is 38.1 Å². The molecule has 1 aromatic carbocycles. The number of nitrogens with two attached hydrogens (primary N) is 1. The third-order valence-electron chi connectivity index (χ3n) is 4.48. The van der Waals surface area contributed by atoms with Gasteiger partial charge in [-0.15, -0.1) is 0 Å². The number of rotatable bonds is 7. The Morgan fingerprint density at radius 1 is 1.08 bits per heavy atom. The van der Waals surface area contributed by atoms with Crippen LogP contribution in [-0.4, -0.2) is 46.8 Å². The third-order valence-corrected chi connectivity index (χ3v) is 4.96. The van der Waals surface area contributed by atoms with Crippen LogP contribution in [0.4, 0.5) is 5.69 Å². The van der Waals surface area contributed by atoms with E-state index in [-0.39, 0.29) is 30.7 Å². The van der Waals surface area contributed by atoms with Crippen molar-refractivity contribution in [1.29, 1.82) is 0 Å². The van der Waals surface area contributed by atoms with Gasteiger partial charge >= 0.3 is 20.5 Å². The van der Waals surface area contributed by atoms with Crippen LogP contribution >= 0.6 is 8.60 Å². The van der Waals surface area contributed by atoms with Crippen LogP contribution in [0.15, 0.2) is 48.1 Å². The Kier molecular flexibility index (Phi) is 21.9. The summed E-state index contributed by atoms with van der Waals surface area (Å²) >= 11 is 0. The number of allylic oxidation sites excluding steroid dienone is 3. The van der Waals surface area contributed by atoms with Gasteiger partial charge in [0.15, 0.2) is 0 Å². The SMILES string of the molecule is C/C=C(\C)C(=O)OCC1CC(OP(O)O)CC(OC(=O)c2ccccc2N)O1.CC.CC.CC=CC. The summed E-state index contributed by atoms with van der Waals surface area (Å²) in [6.07, 6.45) is 3.64. The normalized spacial score (nSPS) is 19.1. The molecule has 0 saturated carbocycles. The molecule has 36 heavy (non-hydrogen) atoms. The fourth-order valence-electron chi connectivity index (χ4n) is 2.60. The van der Waals surface area contributed by atoms with E-state index in [4.69, 9.17) is 34.3 Å². The molecule has 0 amide bonds. The highest BCUT2D eigenvalue weighted by atomic mass is 31.2. The van der Waals surface area contributed by atoms with E-state index in [0.717, 1.165) is 0 Å². The van der Waals surface area contributed by atoms with Crippen molar-refractivity contribution in [1.82, 2.24) is 0 Å². The van der Waals surface area contributed by atoms with Gasteiger partial charge < -0.3 is 34.3 Å². The van der Waals surface area contributed by atoms with Crippen molar-refractivity contribution in [2.24, 2.45) is 0 Å². The summed E-state index contributed by atoms with van der Waals surface area (Å²) in [5.41, 5.74) is 6.67. The van der Waals surface area contributed by atoms with Gasteiger partial charge in [0, 0.05) is 24.1 Å². The van der Waals surface area contributed by atoms with Crippen molar-refractivity contribution in [3.05, 3.63) is 53.6 Å². The van der Waals surface area contributed by atoms with Crippen LogP contribution in [0.2, 0.25) is 0 Å². The van der Waals surface area contributed by atoms with Crippen LogP contribution in [-0.2, 0) is 23.5 Å². The Morgan fingerprint density at radius 3 is 2.17 bits per heavy atom. The number of carbonyl (C=O) groups excluding carboxylic acids is 2. The predicted molar refractivity (Wildman–Crippen MR) is 144 cm³/mol. The van der Waals surface area contributed by atoms with Gasteiger partial charge in [-0.05, 0) is 39.8 Å². The highest BCUT2D eigenvalue weighted by Gasteiger charge is 2.35. The number of nitrogen functional groups attached to an aromatic ring is 1. The second-order valence-corrected chi connectivity index (χ2v) is 7.58. The van der Waals surface area contributed by atoms with Crippen molar-refractivity contribution in [3.63, 3.8) is 0 Å². The summed E-state index contributed by atoms with van der Waals surface area (Å²) in [4.78, 5) is 42.4. The van der Waals surface area contributed by atoms with Gasteiger partial charge in [-0.25, -0.2) is 9.59 Å². The lowest BCUT2D eigenvalue weighted by Gasteiger charge is -2.34. The smallest absolute Gasteiger partial charge is 0.342 e. The number of para-hydroxylation sites is 1. The largest absolute Gasteiger partial charge is 0.460 e. The maximum atomic E-state index is 12.4. The van der Waals surface area contributed by atoms with Crippen LogP contribution < -0.4 is 5.73 Å². The van der Waals surface area contributed by atoms with E-state index in [1.54, 1.807) is 38.1 Å². The Labute approximate surface area is 217 Å². The Hall–Kier alpha value is -2.29. The fraction of sp³-hybridized carbons (Fsp3) is 0.538. The quantitative estimate of drug-likeness (QED) is 0.134. The number of ether oxygens (including phenoxy) is 3. The van der Waals surface area contributed by atoms with E-state index in [1.807, 2.05) is 53.7 Å². The molecule has 2 rings (SSSR count). The summed E-state index contributed by atoms with van der Waals surface area (Å²) in [6.45, 7) is 15.2. The zero-order valence-electron chi connectivity index (χ0n) is 22.8. The van der Waals surface area contributed by atoms with Gasteiger partial charge in [0.1, 0.15) is 6.61 Å². The minimum absolute atomic E-state index is 0.0940. The minimum Gasteiger partial charge on any atom is -0.460 e. The molecule has 0 radical (unpaired) electrons. The van der Waals surface area contributed by atoms with Crippen molar-refractivity contribution >= 4 is 26.2 Å². The molecule has 9 nitrogen and oxygen atoms in total. The minimum atomic E-state index is -2.60. The van der Waals surface area contributed by atoms with Crippen molar-refractivity contribution in [3.8, 4) is 0 Å². The van der Waals surface area contributed by atoms with E-state index in [0.29, 0.717) is 5.57 Å². The van der Waals surface area contributed by atoms with Crippen LogP contribution in [0.25, 0.3) is 0 Å². The van der Waals surface area contributed by atoms with Gasteiger partial charge in [-0.2, -0.15) is 0 Å². The topological polar surface area (TPSA) is 138 Å². The van der Waals surface area contributed by atoms with E-state index < -0.39 is 39.0 Å².